The van der Waals surface area contributed by atoms with E-state index in [4.69, 9.17) is 5.73 Å². The largest absolute Gasteiger partial charge is 0.367 e. The van der Waals surface area contributed by atoms with Gasteiger partial charge < -0.3 is 10.6 Å². The average Bonchev–Trinajstić information content (AvgIpc) is 2.65. The van der Waals surface area contributed by atoms with Gasteiger partial charge in [-0.05, 0) is 18.8 Å². The quantitative estimate of drug-likeness (QED) is 0.811. The van der Waals surface area contributed by atoms with Crippen LogP contribution in [0.3, 0.4) is 0 Å². The summed E-state index contributed by atoms with van der Waals surface area (Å²) in [5.41, 5.74) is 5.50. The maximum absolute atomic E-state index is 5.50. The van der Waals surface area contributed by atoms with Crippen LogP contribution in [0.15, 0.2) is 0 Å². The summed E-state index contributed by atoms with van der Waals surface area (Å²) in [6.45, 7) is 4.48. The SMILES string of the molecule is CCC1CCN(c2nc(N)ns2)CC1. The predicted molar refractivity (Wildman–Crippen MR) is 59.5 cm³/mol. The standard InChI is InChI=1S/C9H16N4S/c1-2-7-3-5-13(6-4-7)9-11-8(10)12-14-9/h7H,2-6H2,1H3,(H2,10,12). The summed E-state index contributed by atoms with van der Waals surface area (Å²) in [5, 5.41) is 0.983. The summed E-state index contributed by atoms with van der Waals surface area (Å²) in [5.74, 6) is 1.30. The highest BCUT2D eigenvalue weighted by Crippen LogP contribution is 2.26. The molecule has 2 N–H and O–H groups in total. The molecule has 5 heteroatoms. The predicted octanol–water partition coefficient (Wildman–Crippen LogP) is 1.75. The number of rotatable bonds is 2. The summed E-state index contributed by atoms with van der Waals surface area (Å²) in [4.78, 5) is 6.49. The minimum atomic E-state index is 0.405. The molecule has 0 radical (unpaired) electrons. The molecule has 0 aromatic carbocycles. The van der Waals surface area contributed by atoms with Gasteiger partial charge in [-0.1, -0.05) is 13.3 Å². The number of aromatic nitrogens is 2. The van der Waals surface area contributed by atoms with Gasteiger partial charge in [0.25, 0.3) is 0 Å². The zero-order valence-electron chi connectivity index (χ0n) is 8.44. The maximum atomic E-state index is 5.50. The molecule has 0 bridgehead atoms. The van der Waals surface area contributed by atoms with Crippen LogP contribution in [0.4, 0.5) is 11.1 Å². The van der Waals surface area contributed by atoms with Gasteiger partial charge in [-0.2, -0.15) is 9.36 Å². The number of piperidine rings is 1. The van der Waals surface area contributed by atoms with E-state index in [0.717, 1.165) is 24.1 Å². The van der Waals surface area contributed by atoms with E-state index in [1.165, 1.54) is 30.8 Å². The Bertz CT molecular complexity index is 291. The van der Waals surface area contributed by atoms with Crippen molar-refractivity contribution in [1.29, 1.82) is 0 Å². The normalized spacial score (nSPS) is 18.8. The molecular formula is C9H16N4S. The smallest absolute Gasteiger partial charge is 0.233 e. The molecule has 0 unspecified atom stereocenters. The number of nitrogens with zero attached hydrogens (tertiary/aromatic N) is 3. The van der Waals surface area contributed by atoms with Crippen LogP contribution in [0, 0.1) is 5.92 Å². The summed E-state index contributed by atoms with van der Waals surface area (Å²) in [6, 6.07) is 0. The van der Waals surface area contributed by atoms with Gasteiger partial charge in [-0.15, -0.1) is 0 Å². The first kappa shape index (κ1) is 9.71. The highest BCUT2D eigenvalue weighted by molar-refractivity contribution is 7.09. The Balaban J connectivity index is 1.95. The van der Waals surface area contributed by atoms with Crippen molar-refractivity contribution in [3.8, 4) is 0 Å². The van der Waals surface area contributed by atoms with Crippen molar-refractivity contribution < 1.29 is 0 Å². The molecule has 1 aromatic heterocycles. The van der Waals surface area contributed by atoms with Crippen LogP contribution in [0.2, 0.25) is 0 Å². The molecule has 1 saturated heterocycles. The van der Waals surface area contributed by atoms with Crippen molar-refractivity contribution in [1.82, 2.24) is 9.36 Å². The lowest BCUT2D eigenvalue weighted by Gasteiger charge is -2.30. The fourth-order valence-corrected chi connectivity index (χ4v) is 2.54. The van der Waals surface area contributed by atoms with Crippen LogP contribution in [-0.2, 0) is 0 Å². The van der Waals surface area contributed by atoms with Crippen LogP contribution < -0.4 is 10.6 Å². The van der Waals surface area contributed by atoms with E-state index < -0.39 is 0 Å². The van der Waals surface area contributed by atoms with E-state index in [0.29, 0.717) is 5.95 Å². The third kappa shape index (κ3) is 1.97. The van der Waals surface area contributed by atoms with E-state index in [1.807, 2.05) is 0 Å². The van der Waals surface area contributed by atoms with Gasteiger partial charge >= 0.3 is 0 Å². The summed E-state index contributed by atoms with van der Waals surface area (Å²) >= 11 is 1.40. The minimum absolute atomic E-state index is 0.405. The van der Waals surface area contributed by atoms with E-state index in [-0.39, 0.29) is 0 Å². The van der Waals surface area contributed by atoms with Gasteiger partial charge in [0.15, 0.2) is 0 Å². The van der Waals surface area contributed by atoms with Gasteiger partial charge in [0.1, 0.15) is 0 Å². The molecule has 4 nitrogen and oxygen atoms in total. The molecule has 0 aliphatic carbocycles. The topological polar surface area (TPSA) is 55.0 Å². The Labute approximate surface area is 88.3 Å². The third-order valence-corrected chi connectivity index (χ3v) is 3.68. The van der Waals surface area contributed by atoms with Gasteiger partial charge in [-0.25, -0.2) is 0 Å². The van der Waals surface area contributed by atoms with Crippen LogP contribution in [0.25, 0.3) is 0 Å². The summed E-state index contributed by atoms with van der Waals surface area (Å²) in [6.07, 6.45) is 3.85. The second kappa shape index (κ2) is 4.13. The molecule has 1 aromatic rings. The fraction of sp³-hybridized carbons (Fsp3) is 0.778. The van der Waals surface area contributed by atoms with Crippen molar-refractivity contribution in [3.05, 3.63) is 0 Å². The van der Waals surface area contributed by atoms with Crippen LogP contribution in [0.5, 0.6) is 0 Å². The zero-order valence-corrected chi connectivity index (χ0v) is 9.26. The lowest BCUT2D eigenvalue weighted by molar-refractivity contribution is 0.395. The molecular weight excluding hydrogens is 196 g/mol. The number of hydrogen-bond acceptors (Lipinski definition) is 5. The second-order valence-corrected chi connectivity index (χ2v) is 4.50. The van der Waals surface area contributed by atoms with Crippen LogP contribution >= 0.6 is 11.5 Å². The Kier molecular flexibility index (Phi) is 2.86. The molecule has 0 saturated carbocycles. The van der Waals surface area contributed by atoms with Crippen molar-refractivity contribution >= 4 is 22.6 Å². The van der Waals surface area contributed by atoms with E-state index in [9.17, 15) is 0 Å². The fourth-order valence-electron chi connectivity index (χ4n) is 1.89. The average molecular weight is 212 g/mol. The third-order valence-electron chi connectivity index (χ3n) is 2.89. The first-order chi connectivity index (χ1) is 6.79. The Morgan fingerprint density at radius 2 is 2.21 bits per heavy atom. The monoisotopic (exact) mass is 212 g/mol. The number of nitrogen functional groups attached to an aromatic ring is 1. The molecule has 1 aliphatic heterocycles. The lowest BCUT2D eigenvalue weighted by atomic mass is 9.95. The zero-order chi connectivity index (χ0) is 9.97. The van der Waals surface area contributed by atoms with Crippen LogP contribution in [-0.4, -0.2) is 22.4 Å². The number of hydrogen-bond donors (Lipinski definition) is 1. The number of nitrogens with two attached hydrogens (primary N) is 1. The molecule has 1 aliphatic rings. The maximum Gasteiger partial charge on any atom is 0.233 e. The van der Waals surface area contributed by atoms with Gasteiger partial charge in [0, 0.05) is 24.6 Å². The minimum Gasteiger partial charge on any atom is -0.367 e. The lowest BCUT2D eigenvalue weighted by Crippen LogP contribution is -2.33. The summed E-state index contributed by atoms with van der Waals surface area (Å²) in [7, 11) is 0. The highest BCUT2D eigenvalue weighted by Gasteiger charge is 2.20. The van der Waals surface area contributed by atoms with E-state index in [1.54, 1.807) is 0 Å². The van der Waals surface area contributed by atoms with Crippen molar-refractivity contribution in [3.63, 3.8) is 0 Å². The van der Waals surface area contributed by atoms with Crippen molar-refractivity contribution in [2.45, 2.75) is 26.2 Å². The first-order valence-electron chi connectivity index (χ1n) is 5.13. The van der Waals surface area contributed by atoms with Crippen molar-refractivity contribution in [2.24, 2.45) is 5.92 Å². The van der Waals surface area contributed by atoms with Crippen LogP contribution in [0.1, 0.15) is 26.2 Å². The summed E-state index contributed by atoms with van der Waals surface area (Å²) < 4.78 is 4.00. The number of anilines is 2. The molecule has 0 amide bonds. The van der Waals surface area contributed by atoms with Gasteiger partial charge in [-0.3, -0.25) is 0 Å². The highest BCUT2D eigenvalue weighted by atomic mass is 32.1. The van der Waals surface area contributed by atoms with Gasteiger partial charge in [0.2, 0.25) is 11.1 Å². The Morgan fingerprint density at radius 3 is 2.71 bits per heavy atom. The van der Waals surface area contributed by atoms with E-state index in [2.05, 4.69) is 21.2 Å². The molecule has 0 atom stereocenters. The molecule has 2 rings (SSSR count). The second-order valence-electron chi connectivity index (χ2n) is 3.77. The molecule has 1 fully saturated rings. The molecule has 14 heavy (non-hydrogen) atoms. The molecule has 78 valence electrons. The van der Waals surface area contributed by atoms with Gasteiger partial charge in [0.05, 0.1) is 0 Å². The van der Waals surface area contributed by atoms with Crippen molar-refractivity contribution in [2.75, 3.05) is 23.7 Å². The molecule has 2 heterocycles. The van der Waals surface area contributed by atoms with E-state index >= 15 is 0 Å². The Morgan fingerprint density at radius 1 is 1.50 bits per heavy atom. The first-order valence-corrected chi connectivity index (χ1v) is 5.91. The molecule has 0 spiro atoms. The Hall–Kier alpha value is -0.840.